The van der Waals surface area contributed by atoms with Gasteiger partial charge >= 0.3 is 0 Å². The molecule has 1 fully saturated rings. The lowest BCUT2D eigenvalue weighted by Crippen LogP contribution is -2.19. The molecule has 1 aliphatic rings. The third-order valence-electron chi connectivity index (χ3n) is 5.51. The molecule has 0 bridgehead atoms. The zero-order valence-corrected chi connectivity index (χ0v) is 19.0. The van der Waals surface area contributed by atoms with Crippen LogP contribution in [0.5, 0.6) is 0 Å². The molecule has 0 radical (unpaired) electrons. The van der Waals surface area contributed by atoms with Crippen LogP contribution in [0.25, 0.3) is 10.9 Å². The molecule has 2 heterocycles. The first-order valence-electron chi connectivity index (χ1n) is 11.7. The fraction of sp³-hybridized carbons (Fsp3) is 0.360. The zero-order valence-electron chi connectivity index (χ0n) is 20.0. The van der Waals surface area contributed by atoms with Crippen LogP contribution in [0.1, 0.15) is 58.3 Å². The van der Waals surface area contributed by atoms with E-state index in [0.717, 1.165) is 36.1 Å². The highest BCUT2D eigenvalue weighted by molar-refractivity contribution is 5.91. The van der Waals surface area contributed by atoms with E-state index in [9.17, 15) is 5.76 Å². The third kappa shape index (κ3) is 4.94. The Hall–Kier alpha value is -3.55. The van der Waals surface area contributed by atoms with Crippen molar-refractivity contribution in [3.05, 3.63) is 72.1 Å². The van der Waals surface area contributed by atoms with Crippen molar-refractivity contribution >= 4 is 22.4 Å². The minimum atomic E-state index is -1.47. The second kappa shape index (κ2) is 8.42. The number of hydrogen-bond donors (Lipinski definition) is 2. The molecule has 2 aromatic carbocycles. The minimum absolute atomic E-state index is 0.0828. The van der Waals surface area contributed by atoms with E-state index >= 15 is 0 Å². The number of nitrogens with zero attached hydrogens (tertiary/aromatic N) is 5. The van der Waals surface area contributed by atoms with Gasteiger partial charge in [0.1, 0.15) is 23.7 Å². The Morgan fingerprint density at radius 2 is 1.94 bits per heavy atom. The molecule has 2 N–H and O–H groups in total. The molecule has 0 unspecified atom stereocenters. The van der Waals surface area contributed by atoms with Crippen molar-refractivity contribution in [2.24, 2.45) is 5.41 Å². The Balaban J connectivity index is 1.53. The molecule has 0 aliphatic heterocycles. The zero-order chi connectivity index (χ0) is 23.9. The Bertz CT molecular complexity index is 1310. The van der Waals surface area contributed by atoms with Gasteiger partial charge in [-0.3, -0.25) is 0 Å². The van der Waals surface area contributed by atoms with E-state index in [1.807, 2.05) is 29.1 Å². The molecule has 4 aromatic rings. The first kappa shape index (κ1) is 20.1. The monoisotopic (exact) mass is 446 g/mol. The van der Waals surface area contributed by atoms with Crippen LogP contribution in [0.3, 0.4) is 0 Å². The topological polar surface area (TPSA) is 80.5 Å². The number of fused-ring (bicyclic) bond motifs is 1. The van der Waals surface area contributed by atoms with Crippen molar-refractivity contribution < 1.29 is 5.76 Å². The van der Waals surface area contributed by atoms with Crippen molar-refractivity contribution in [3.63, 3.8) is 0 Å². The maximum Gasteiger partial charge on any atom is 0.137 e. The summed E-state index contributed by atoms with van der Waals surface area (Å²) < 4.78 is 24.9. The molecular formula is C25H28FN7. The molecule has 1 atom stereocenters. The number of hydrogen-bond acceptors (Lipinski definition) is 6. The number of halogens is 1. The van der Waals surface area contributed by atoms with Crippen LogP contribution < -0.4 is 10.6 Å². The predicted octanol–water partition coefficient (Wildman–Crippen LogP) is 5.35. The van der Waals surface area contributed by atoms with Crippen molar-refractivity contribution in [1.82, 2.24) is 25.0 Å². The van der Waals surface area contributed by atoms with Gasteiger partial charge in [-0.05, 0) is 54.2 Å². The van der Waals surface area contributed by atoms with Gasteiger partial charge in [0.25, 0.3) is 0 Å². The van der Waals surface area contributed by atoms with Crippen LogP contribution in [0.2, 0.25) is 0 Å². The normalized spacial score (nSPS) is 16.3. The molecule has 0 saturated heterocycles. The highest BCUT2D eigenvalue weighted by Gasteiger charge is 2.27. The van der Waals surface area contributed by atoms with E-state index in [0.29, 0.717) is 23.0 Å². The molecule has 170 valence electrons. The highest BCUT2D eigenvalue weighted by Crippen LogP contribution is 2.35. The van der Waals surface area contributed by atoms with E-state index in [1.165, 1.54) is 12.1 Å². The lowest BCUT2D eigenvalue weighted by molar-refractivity contribution is 0.442. The van der Waals surface area contributed by atoms with Crippen LogP contribution in [0.15, 0.2) is 55.0 Å². The van der Waals surface area contributed by atoms with Crippen molar-refractivity contribution in [1.29, 1.82) is 0 Å². The average Bonchev–Trinajstić information content (AvgIpc) is 3.53. The second-order valence-corrected chi connectivity index (χ2v) is 9.69. The first-order valence-corrected chi connectivity index (χ1v) is 11.2. The number of anilines is 2. The largest absolute Gasteiger partial charge is 0.373 e. The van der Waals surface area contributed by atoms with E-state index in [4.69, 9.17) is 0 Å². The molecule has 0 amide bonds. The summed E-state index contributed by atoms with van der Waals surface area (Å²) in [6, 6.07) is 10.5. The van der Waals surface area contributed by atoms with Gasteiger partial charge in [-0.1, -0.05) is 38.1 Å². The Kier molecular flexibility index (Phi) is 5.13. The van der Waals surface area contributed by atoms with Gasteiger partial charge in [-0.2, -0.15) is 0 Å². The van der Waals surface area contributed by atoms with E-state index < -0.39 is 6.02 Å². The Morgan fingerprint density at radius 3 is 2.67 bits per heavy atom. The maximum absolute atomic E-state index is 13.7. The number of nitrogens with one attached hydrogen (secondary N) is 2. The molecule has 8 heteroatoms. The Morgan fingerprint density at radius 1 is 1.15 bits per heavy atom. The lowest BCUT2D eigenvalue weighted by atomic mass is 9.97. The number of rotatable bonds is 7. The molecule has 1 saturated carbocycles. The van der Waals surface area contributed by atoms with Gasteiger partial charge in [0.15, 0.2) is 0 Å². The molecular weight excluding hydrogens is 417 g/mol. The van der Waals surface area contributed by atoms with Gasteiger partial charge in [0, 0.05) is 17.6 Å². The summed E-state index contributed by atoms with van der Waals surface area (Å²) in [5.41, 5.74) is 2.59. The van der Waals surface area contributed by atoms with Crippen LogP contribution >= 0.6 is 0 Å². The average molecular weight is 447 g/mol. The summed E-state index contributed by atoms with van der Waals surface area (Å²) >= 11 is 0. The van der Waals surface area contributed by atoms with Gasteiger partial charge in [-0.25, -0.2) is 19.0 Å². The summed E-state index contributed by atoms with van der Waals surface area (Å²) in [6.07, 6.45) is 5.48. The fourth-order valence-electron chi connectivity index (χ4n) is 3.58. The summed E-state index contributed by atoms with van der Waals surface area (Å²) in [5, 5.41) is 16.1. The third-order valence-corrected chi connectivity index (χ3v) is 5.51. The van der Waals surface area contributed by atoms with Crippen molar-refractivity contribution in [2.75, 3.05) is 17.2 Å². The summed E-state index contributed by atoms with van der Waals surface area (Å²) in [5.74, 6) is 0.380. The molecule has 7 nitrogen and oxygen atoms in total. The molecule has 5 rings (SSSR count). The summed E-state index contributed by atoms with van der Waals surface area (Å²) in [6.45, 7) is 7.21. The van der Waals surface area contributed by atoms with Gasteiger partial charge < -0.3 is 10.6 Å². The standard InChI is InChI=1S/C25H28FN7/c1-25(2,3)14-27-24-20-12-18(8-11-21(20)28-15-29-24)30-23(16-4-6-17(26)7-5-16)22-13-33(32-31-22)19-9-10-19/h4-8,11-13,15,19,23,30H,9-10,14H2,1-3H3,(H,27,28,29)/t23-/m0/s1/i23D. The van der Waals surface area contributed by atoms with Gasteiger partial charge in [0.05, 0.1) is 25.1 Å². The molecule has 1 aliphatic carbocycles. The minimum Gasteiger partial charge on any atom is -0.373 e. The van der Waals surface area contributed by atoms with Crippen molar-refractivity contribution in [2.45, 2.75) is 45.7 Å². The lowest BCUT2D eigenvalue weighted by Gasteiger charge is -2.21. The Labute approximate surface area is 193 Å². The molecule has 33 heavy (non-hydrogen) atoms. The SMILES string of the molecule is [2H][C@](Nc1ccc2ncnc(NCC(C)(C)C)c2c1)(c1ccc(F)cc1)c1cn(C2CC2)nn1. The van der Waals surface area contributed by atoms with E-state index in [-0.39, 0.29) is 11.2 Å². The predicted molar refractivity (Wildman–Crippen MR) is 128 cm³/mol. The summed E-state index contributed by atoms with van der Waals surface area (Å²) in [4.78, 5) is 8.83. The summed E-state index contributed by atoms with van der Waals surface area (Å²) in [7, 11) is 0. The van der Waals surface area contributed by atoms with E-state index in [2.05, 4.69) is 51.7 Å². The van der Waals surface area contributed by atoms with Crippen LogP contribution in [0, 0.1) is 11.2 Å². The van der Waals surface area contributed by atoms with Gasteiger partial charge in [0.2, 0.25) is 0 Å². The number of aromatic nitrogens is 5. The van der Waals surface area contributed by atoms with E-state index in [1.54, 1.807) is 18.5 Å². The smallest absolute Gasteiger partial charge is 0.137 e. The quantitative estimate of drug-likeness (QED) is 0.398. The molecule has 0 spiro atoms. The van der Waals surface area contributed by atoms with Crippen LogP contribution in [-0.4, -0.2) is 31.5 Å². The molecule has 2 aromatic heterocycles. The number of benzene rings is 2. The van der Waals surface area contributed by atoms with Crippen molar-refractivity contribution in [3.8, 4) is 0 Å². The van der Waals surface area contributed by atoms with Gasteiger partial charge in [-0.15, -0.1) is 5.10 Å². The van der Waals surface area contributed by atoms with Crippen LogP contribution in [-0.2, 0) is 0 Å². The maximum atomic E-state index is 13.7. The first-order chi connectivity index (χ1) is 16.2. The second-order valence-electron chi connectivity index (χ2n) is 9.69. The fourth-order valence-corrected chi connectivity index (χ4v) is 3.58. The highest BCUT2D eigenvalue weighted by atomic mass is 19.1. The van der Waals surface area contributed by atoms with Crippen LogP contribution in [0.4, 0.5) is 15.9 Å².